The summed E-state index contributed by atoms with van der Waals surface area (Å²) in [4.78, 5) is 37.3. The Kier molecular flexibility index (Phi) is 5.96. The molecule has 2 aromatic heterocycles. The Bertz CT molecular complexity index is 1120. The number of Topliss-reactive ketones (excluding diaryl/α,β-unsaturated/α-hetero) is 1. The lowest BCUT2D eigenvalue weighted by molar-refractivity contribution is 0.0336. The number of benzene rings is 1. The zero-order valence-electron chi connectivity index (χ0n) is 16.8. The van der Waals surface area contributed by atoms with Crippen molar-refractivity contribution in [1.29, 1.82) is 0 Å². The third-order valence-corrected chi connectivity index (χ3v) is 5.81. The van der Waals surface area contributed by atoms with E-state index >= 15 is 0 Å². The molecule has 8 heteroatoms. The highest BCUT2D eigenvalue weighted by Crippen LogP contribution is 2.22. The number of hydrogen-bond donors (Lipinski definition) is 0. The SMILES string of the molecule is CSc1cccc(C(=O)C2CN(c3nc(-c4ccncc4)cc(=O)n3C)CCO2)c1. The summed E-state index contributed by atoms with van der Waals surface area (Å²) < 4.78 is 7.29. The van der Waals surface area contributed by atoms with Crippen LogP contribution < -0.4 is 10.5 Å². The fraction of sp³-hybridized carbons (Fsp3) is 0.273. The van der Waals surface area contributed by atoms with E-state index in [1.54, 1.807) is 31.2 Å². The zero-order chi connectivity index (χ0) is 21.1. The molecule has 0 N–H and O–H groups in total. The van der Waals surface area contributed by atoms with Crippen molar-refractivity contribution in [3.05, 3.63) is 70.8 Å². The first-order valence-electron chi connectivity index (χ1n) is 9.60. The van der Waals surface area contributed by atoms with Gasteiger partial charge in [0.05, 0.1) is 18.8 Å². The molecule has 0 saturated carbocycles. The Morgan fingerprint density at radius 3 is 2.77 bits per heavy atom. The molecule has 4 rings (SSSR count). The number of rotatable bonds is 5. The highest BCUT2D eigenvalue weighted by atomic mass is 32.2. The molecule has 1 saturated heterocycles. The molecule has 1 aliphatic rings. The minimum atomic E-state index is -0.614. The number of carbonyl (C=O) groups is 1. The summed E-state index contributed by atoms with van der Waals surface area (Å²) in [5, 5.41) is 0. The molecule has 3 heterocycles. The normalized spacial score (nSPS) is 16.5. The lowest BCUT2D eigenvalue weighted by atomic mass is 10.1. The molecular weight excluding hydrogens is 400 g/mol. The van der Waals surface area contributed by atoms with E-state index in [0.717, 1.165) is 10.5 Å². The summed E-state index contributed by atoms with van der Waals surface area (Å²) in [7, 11) is 1.69. The first-order valence-corrected chi connectivity index (χ1v) is 10.8. The van der Waals surface area contributed by atoms with Crippen molar-refractivity contribution in [2.75, 3.05) is 30.9 Å². The van der Waals surface area contributed by atoms with E-state index in [0.29, 0.717) is 36.9 Å². The molecule has 0 spiro atoms. The molecule has 0 aliphatic carbocycles. The van der Waals surface area contributed by atoms with E-state index in [1.165, 1.54) is 10.6 Å². The van der Waals surface area contributed by atoms with Gasteiger partial charge >= 0.3 is 0 Å². The number of pyridine rings is 1. The average Bonchev–Trinajstić information content (AvgIpc) is 2.81. The number of hydrogen-bond acceptors (Lipinski definition) is 7. The van der Waals surface area contributed by atoms with Crippen molar-refractivity contribution in [3.63, 3.8) is 0 Å². The zero-order valence-corrected chi connectivity index (χ0v) is 17.6. The van der Waals surface area contributed by atoms with E-state index in [9.17, 15) is 9.59 Å². The van der Waals surface area contributed by atoms with E-state index < -0.39 is 6.10 Å². The van der Waals surface area contributed by atoms with E-state index in [-0.39, 0.29) is 11.3 Å². The number of ketones is 1. The van der Waals surface area contributed by atoms with Crippen LogP contribution in [0.1, 0.15) is 10.4 Å². The maximum atomic E-state index is 13.0. The van der Waals surface area contributed by atoms with Crippen LogP contribution in [-0.4, -0.2) is 52.4 Å². The van der Waals surface area contributed by atoms with E-state index in [1.807, 2.05) is 47.6 Å². The summed E-state index contributed by atoms with van der Waals surface area (Å²) in [5.74, 6) is 0.458. The summed E-state index contributed by atoms with van der Waals surface area (Å²) in [6, 6.07) is 12.7. The van der Waals surface area contributed by atoms with Crippen molar-refractivity contribution in [2.24, 2.45) is 7.05 Å². The Morgan fingerprint density at radius 1 is 1.20 bits per heavy atom. The van der Waals surface area contributed by atoms with E-state index in [4.69, 9.17) is 9.72 Å². The van der Waals surface area contributed by atoms with E-state index in [2.05, 4.69) is 4.98 Å². The topological polar surface area (TPSA) is 77.3 Å². The van der Waals surface area contributed by atoms with Gasteiger partial charge in [-0.15, -0.1) is 11.8 Å². The third-order valence-electron chi connectivity index (χ3n) is 5.08. The summed E-state index contributed by atoms with van der Waals surface area (Å²) >= 11 is 1.59. The van der Waals surface area contributed by atoms with Gasteiger partial charge in [-0.2, -0.15) is 0 Å². The van der Waals surface area contributed by atoms with Gasteiger partial charge in [0.1, 0.15) is 6.10 Å². The maximum Gasteiger partial charge on any atom is 0.255 e. The molecule has 7 nitrogen and oxygen atoms in total. The molecular formula is C22H22N4O3S. The molecule has 1 unspecified atom stereocenters. The summed E-state index contributed by atoms with van der Waals surface area (Å²) in [6.45, 7) is 1.27. The summed E-state index contributed by atoms with van der Waals surface area (Å²) in [6.07, 6.45) is 4.70. The summed E-state index contributed by atoms with van der Waals surface area (Å²) in [5.41, 5.74) is 1.87. The van der Waals surface area contributed by atoms with Crippen LogP contribution in [0.2, 0.25) is 0 Å². The number of carbonyl (C=O) groups excluding carboxylic acids is 1. The Morgan fingerprint density at radius 2 is 2.00 bits per heavy atom. The van der Waals surface area contributed by atoms with Crippen LogP contribution in [0.4, 0.5) is 5.95 Å². The van der Waals surface area contributed by atoms with Gasteiger partial charge in [0.2, 0.25) is 5.95 Å². The number of aromatic nitrogens is 3. The molecule has 1 atom stereocenters. The van der Waals surface area contributed by atoms with Crippen LogP contribution >= 0.6 is 11.8 Å². The van der Waals surface area contributed by atoms with Gasteiger partial charge in [0, 0.05) is 48.1 Å². The minimum Gasteiger partial charge on any atom is -0.366 e. The molecule has 1 fully saturated rings. The minimum absolute atomic E-state index is 0.0640. The predicted molar refractivity (Wildman–Crippen MR) is 117 cm³/mol. The van der Waals surface area contributed by atoms with Gasteiger partial charge in [-0.3, -0.25) is 19.1 Å². The highest BCUT2D eigenvalue weighted by molar-refractivity contribution is 7.98. The molecule has 1 aliphatic heterocycles. The van der Waals surface area contributed by atoms with Gasteiger partial charge in [-0.25, -0.2) is 4.98 Å². The van der Waals surface area contributed by atoms with Crippen molar-refractivity contribution in [2.45, 2.75) is 11.0 Å². The monoisotopic (exact) mass is 422 g/mol. The number of thioether (sulfide) groups is 1. The predicted octanol–water partition coefficient (Wildman–Crippen LogP) is 2.65. The molecule has 3 aromatic rings. The number of morpholine rings is 1. The number of anilines is 1. The van der Waals surface area contributed by atoms with Crippen LogP contribution in [-0.2, 0) is 11.8 Å². The lowest BCUT2D eigenvalue weighted by Crippen LogP contribution is -2.48. The molecule has 30 heavy (non-hydrogen) atoms. The number of ether oxygens (including phenoxy) is 1. The molecule has 0 radical (unpaired) electrons. The second kappa shape index (κ2) is 8.81. The van der Waals surface area contributed by atoms with Gasteiger partial charge in [-0.05, 0) is 30.5 Å². The molecule has 0 bridgehead atoms. The largest absolute Gasteiger partial charge is 0.366 e. The Labute approximate surface area is 178 Å². The third kappa shape index (κ3) is 4.15. The van der Waals surface area contributed by atoms with Crippen LogP contribution in [0.5, 0.6) is 0 Å². The van der Waals surface area contributed by atoms with Crippen LogP contribution in [0.25, 0.3) is 11.3 Å². The molecule has 1 aromatic carbocycles. The van der Waals surface area contributed by atoms with Crippen LogP contribution in [0, 0.1) is 0 Å². The molecule has 0 amide bonds. The Hall–Kier alpha value is -2.97. The first kappa shape index (κ1) is 20.3. The van der Waals surface area contributed by atoms with Crippen molar-refractivity contribution in [3.8, 4) is 11.3 Å². The first-order chi connectivity index (χ1) is 14.6. The van der Waals surface area contributed by atoms with Crippen LogP contribution in [0.15, 0.2) is 64.5 Å². The smallest absolute Gasteiger partial charge is 0.255 e. The van der Waals surface area contributed by atoms with Crippen LogP contribution in [0.3, 0.4) is 0 Å². The highest BCUT2D eigenvalue weighted by Gasteiger charge is 2.29. The average molecular weight is 423 g/mol. The Balaban J connectivity index is 1.62. The second-order valence-corrected chi connectivity index (χ2v) is 7.86. The maximum absolute atomic E-state index is 13.0. The van der Waals surface area contributed by atoms with Crippen molar-refractivity contribution < 1.29 is 9.53 Å². The van der Waals surface area contributed by atoms with Gasteiger partial charge in [-0.1, -0.05) is 12.1 Å². The lowest BCUT2D eigenvalue weighted by Gasteiger charge is -2.33. The fourth-order valence-electron chi connectivity index (χ4n) is 3.43. The van der Waals surface area contributed by atoms with Gasteiger partial charge in [0.15, 0.2) is 5.78 Å². The van der Waals surface area contributed by atoms with Crippen molar-refractivity contribution >= 4 is 23.5 Å². The second-order valence-electron chi connectivity index (χ2n) is 6.98. The van der Waals surface area contributed by atoms with Gasteiger partial charge in [0.25, 0.3) is 5.56 Å². The van der Waals surface area contributed by atoms with Gasteiger partial charge < -0.3 is 9.64 Å². The standard InChI is InChI=1S/C22H22N4O3S/c1-25-20(27)13-18(15-6-8-23-9-7-15)24-22(25)26-10-11-29-19(14-26)21(28)16-4-3-5-17(12-16)30-2/h3-9,12-13,19H,10-11,14H2,1-2H3. The van der Waals surface area contributed by atoms with Crippen molar-refractivity contribution in [1.82, 2.24) is 14.5 Å². The molecule has 154 valence electrons. The quantitative estimate of drug-likeness (QED) is 0.462. The number of nitrogens with zero attached hydrogens (tertiary/aromatic N) is 4. The fourth-order valence-corrected chi connectivity index (χ4v) is 3.89.